The molecule has 4 rings (SSSR count). The number of anilines is 2. The van der Waals surface area contributed by atoms with Gasteiger partial charge in [0.05, 0.1) is 0 Å². The molecule has 0 aliphatic rings. The Hall–Kier alpha value is -3.19. The maximum atomic E-state index is 9.99. The van der Waals surface area contributed by atoms with Crippen LogP contribution >= 0.6 is 11.6 Å². The van der Waals surface area contributed by atoms with Gasteiger partial charge in [0.2, 0.25) is 11.8 Å². The van der Waals surface area contributed by atoms with Crippen LogP contribution in [0.1, 0.15) is 16.8 Å². The minimum Gasteiger partial charge on any atom is -0.493 e. The van der Waals surface area contributed by atoms with Crippen LogP contribution in [0, 0.1) is 6.92 Å². The van der Waals surface area contributed by atoms with E-state index in [1.54, 1.807) is 13.1 Å². The first-order chi connectivity index (χ1) is 12.6. The van der Waals surface area contributed by atoms with Gasteiger partial charge >= 0.3 is 0 Å². The Labute approximate surface area is 154 Å². The van der Waals surface area contributed by atoms with Crippen molar-refractivity contribution in [2.75, 3.05) is 5.32 Å². The second kappa shape index (κ2) is 6.61. The van der Waals surface area contributed by atoms with Crippen LogP contribution < -0.4 is 5.32 Å². The Morgan fingerprint density at radius 3 is 2.88 bits per heavy atom. The summed E-state index contributed by atoms with van der Waals surface area (Å²) in [5.41, 5.74) is 3.55. The molecule has 0 aliphatic carbocycles. The number of nitrogens with one attached hydrogen (secondary N) is 1. The molecule has 3 aromatic heterocycles. The molecule has 2 N–H and O–H groups in total. The van der Waals surface area contributed by atoms with Crippen LogP contribution in [0.5, 0.6) is 5.88 Å². The number of halogens is 1. The summed E-state index contributed by atoms with van der Waals surface area (Å²) in [7, 11) is 0. The summed E-state index contributed by atoms with van der Waals surface area (Å²) in [5.74, 6) is 0.628. The molecule has 0 radical (unpaired) electrons. The molecule has 3 heterocycles. The molecule has 0 amide bonds. The molecule has 0 spiro atoms. The van der Waals surface area contributed by atoms with Gasteiger partial charge in [-0.15, -0.1) is 5.10 Å². The van der Waals surface area contributed by atoms with E-state index < -0.39 is 0 Å². The summed E-state index contributed by atoms with van der Waals surface area (Å²) < 4.78 is 1.28. The molecule has 0 saturated carbocycles. The summed E-state index contributed by atoms with van der Waals surface area (Å²) >= 11 is 6.16. The zero-order valence-corrected chi connectivity index (χ0v) is 14.6. The van der Waals surface area contributed by atoms with Crippen LogP contribution in [0.15, 0.2) is 48.8 Å². The molecule has 130 valence electrons. The van der Waals surface area contributed by atoms with Gasteiger partial charge < -0.3 is 10.4 Å². The molecule has 8 heteroatoms. The quantitative estimate of drug-likeness (QED) is 0.574. The van der Waals surface area contributed by atoms with Gasteiger partial charge in [0.1, 0.15) is 0 Å². The maximum absolute atomic E-state index is 9.99. The molecule has 7 nitrogen and oxygen atoms in total. The highest BCUT2D eigenvalue weighted by Crippen LogP contribution is 2.26. The van der Waals surface area contributed by atoms with E-state index in [4.69, 9.17) is 11.6 Å². The summed E-state index contributed by atoms with van der Waals surface area (Å²) in [4.78, 5) is 12.7. The molecule has 4 aromatic rings. The molecular formula is C18H15ClN6O. The average Bonchev–Trinajstić information content (AvgIpc) is 3.01. The van der Waals surface area contributed by atoms with Crippen molar-refractivity contribution in [3.63, 3.8) is 0 Å². The summed E-state index contributed by atoms with van der Waals surface area (Å²) in [5, 5.41) is 18.0. The Morgan fingerprint density at radius 2 is 2.08 bits per heavy atom. The third-order valence-electron chi connectivity index (χ3n) is 3.86. The fourth-order valence-corrected chi connectivity index (χ4v) is 2.86. The molecular weight excluding hydrogens is 352 g/mol. The number of aromatic hydroxyl groups is 1. The zero-order valence-electron chi connectivity index (χ0n) is 13.9. The van der Waals surface area contributed by atoms with E-state index in [9.17, 15) is 5.11 Å². The Bertz CT molecular complexity index is 1080. The monoisotopic (exact) mass is 366 g/mol. The van der Waals surface area contributed by atoms with E-state index in [0.29, 0.717) is 28.9 Å². The third kappa shape index (κ3) is 3.29. The first kappa shape index (κ1) is 16.3. The number of rotatable bonds is 4. The summed E-state index contributed by atoms with van der Waals surface area (Å²) in [6, 6.07) is 11.0. The Balaban J connectivity index is 1.69. The van der Waals surface area contributed by atoms with Gasteiger partial charge in [0.15, 0.2) is 0 Å². The Morgan fingerprint density at radius 1 is 1.19 bits per heavy atom. The van der Waals surface area contributed by atoms with Crippen LogP contribution in [-0.2, 0) is 6.42 Å². The molecule has 0 bridgehead atoms. The van der Waals surface area contributed by atoms with Crippen molar-refractivity contribution in [2.45, 2.75) is 13.3 Å². The summed E-state index contributed by atoms with van der Waals surface area (Å²) in [6.07, 6.45) is 4.25. The molecule has 0 saturated heterocycles. The highest BCUT2D eigenvalue weighted by Gasteiger charge is 2.12. The van der Waals surface area contributed by atoms with Gasteiger partial charge in [0.25, 0.3) is 5.78 Å². The van der Waals surface area contributed by atoms with Crippen molar-refractivity contribution in [2.24, 2.45) is 0 Å². The van der Waals surface area contributed by atoms with Crippen molar-refractivity contribution < 1.29 is 5.11 Å². The highest BCUT2D eigenvalue weighted by molar-refractivity contribution is 6.30. The predicted molar refractivity (Wildman–Crippen MR) is 99.0 cm³/mol. The fourth-order valence-electron chi connectivity index (χ4n) is 2.68. The van der Waals surface area contributed by atoms with E-state index in [-0.39, 0.29) is 5.88 Å². The van der Waals surface area contributed by atoms with Crippen LogP contribution in [0.2, 0.25) is 5.02 Å². The summed E-state index contributed by atoms with van der Waals surface area (Å²) in [6.45, 7) is 1.78. The molecule has 26 heavy (non-hydrogen) atoms. The number of pyridine rings is 1. The maximum Gasteiger partial charge on any atom is 0.257 e. The van der Waals surface area contributed by atoms with Crippen molar-refractivity contribution in [3.8, 4) is 5.88 Å². The van der Waals surface area contributed by atoms with Crippen molar-refractivity contribution in [1.82, 2.24) is 24.6 Å². The van der Waals surface area contributed by atoms with E-state index in [1.807, 2.05) is 36.5 Å². The molecule has 0 atom stereocenters. The van der Waals surface area contributed by atoms with Crippen molar-refractivity contribution in [1.29, 1.82) is 0 Å². The van der Waals surface area contributed by atoms with Crippen LogP contribution in [0.25, 0.3) is 5.78 Å². The molecule has 0 aliphatic heterocycles. The zero-order chi connectivity index (χ0) is 18.1. The largest absolute Gasteiger partial charge is 0.493 e. The lowest BCUT2D eigenvalue weighted by Gasteiger charge is -2.10. The van der Waals surface area contributed by atoms with E-state index in [0.717, 1.165) is 16.8 Å². The second-order valence-electron chi connectivity index (χ2n) is 5.87. The van der Waals surface area contributed by atoms with Gasteiger partial charge in [-0.05, 0) is 36.2 Å². The lowest BCUT2D eigenvalue weighted by Crippen LogP contribution is -1.99. The van der Waals surface area contributed by atoms with Crippen molar-refractivity contribution >= 4 is 29.0 Å². The number of fused-ring (bicyclic) bond motifs is 1. The van der Waals surface area contributed by atoms with Crippen LogP contribution in [0.3, 0.4) is 0 Å². The first-order valence-electron chi connectivity index (χ1n) is 7.96. The van der Waals surface area contributed by atoms with Gasteiger partial charge in [-0.25, -0.2) is 4.98 Å². The normalized spacial score (nSPS) is 11.0. The third-order valence-corrected chi connectivity index (χ3v) is 4.09. The van der Waals surface area contributed by atoms with Crippen LogP contribution in [0.4, 0.5) is 11.6 Å². The smallest absolute Gasteiger partial charge is 0.257 e. The second-order valence-corrected chi connectivity index (χ2v) is 6.30. The van der Waals surface area contributed by atoms with E-state index in [1.165, 1.54) is 10.6 Å². The minimum absolute atomic E-state index is 0.0188. The van der Waals surface area contributed by atoms with E-state index >= 15 is 0 Å². The number of aromatic nitrogens is 5. The van der Waals surface area contributed by atoms with E-state index in [2.05, 4.69) is 25.4 Å². The number of hydrogen-bond donors (Lipinski definition) is 2. The highest BCUT2D eigenvalue weighted by atomic mass is 35.5. The molecule has 0 fully saturated rings. The topological polar surface area (TPSA) is 88.2 Å². The van der Waals surface area contributed by atoms with Crippen molar-refractivity contribution in [3.05, 3.63) is 70.6 Å². The molecule has 0 unspecified atom stereocenters. The lowest BCUT2D eigenvalue weighted by atomic mass is 10.0. The fraction of sp³-hybridized carbons (Fsp3) is 0.111. The van der Waals surface area contributed by atoms with Gasteiger partial charge in [0, 0.05) is 41.3 Å². The van der Waals surface area contributed by atoms with Crippen LogP contribution in [-0.4, -0.2) is 29.7 Å². The minimum atomic E-state index is -0.0188. The van der Waals surface area contributed by atoms with Gasteiger partial charge in [-0.1, -0.05) is 23.7 Å². The number of hydrogen-bond acceptors (Lipinski definition) is 6. The molecule has 1 aromatic carbocycles. The number of aryl methyl sites for hydroxylation is 1. The first-order valence-corrected chi connectivity index (χ1v) is 8.34. The average molecular weight is 367 g/mol. The van der Waals surface area contributed by atoms with Gasteiger partial charge in [-0.3, -0.25) is 4.98 Å². The number of benzene rings is 1. The van der Waals surface area contributed by atoms with Gasteiger partial charge in [-0.2, -0.15) is 9.50 Å². The lowest BCUT2D eigenvalue weighted by molar-refractivity contribution is 0.434. The predicted octanol–water partition coefficient (Wildman–Crippen LogP) is 3.52. The standard InChI is InChI=1S/C18H15ClN6O/c1-11-7-16(26)25-18(21-11)23-17(24-25)22-15-9-14(19)5-4-13(15)8-12-3-2-6-20-10-12/h2-7,9-10,26H,8H2,1H3,(H,22,24). The SMILES string of the molecule is Cc1cc(O)n2nc(Nc3cc(Cl)ccc3Cc3cccnc3)nc2n1. The number of nitrogens with zero attached hydrogens (tertiary/aromatic N) is 5. The Kier molecular flexibility index (Phi) is 4.14.